The number of carbonyl (C=O) groups excluding carboxylic acids is 1. The Morgan fingerprint density at radius 1 is 1.10 bits per heavy atom. The van der Waals surface area contributed by atoms with E-state index in [4.69, 9.17) is 0 Å². The first-order valence-electron chi connectivity index (χ1n) is 9.88. The molecule has 0 saturated carbocycles. The van der Waals surface area contributed by atoms with Crippen molar-refractivity contribution < 1.29 is 4.79 Å². The molecule has 4 rings (SSSR count). The third-order valence-corrected chi connectivity index (χ3v) is 7.15. The SMILES string of the molecule is CCC(Sc1ncnc2scc(-c3ccc(C)cc3)c12)C(=O)Nc1cccc(C)c1. The summed E-state index contributed by atoms with van der Waals surface area (Å²) in [4.78, 5) is 22.9. The number of rotatable bonds is 6. The van der Waals surface area contributed by atoms with Crippen molar-refractivity contribution in [1.29, 1.82) is 0 Å². The molecule has 1 atom stereocenters. The van der Waals surface area contributed by atoms with Gasteiger partial charge in [0, 0.05) is 16.6 Å². The van der Waals surface area contributed by atoms with Crippen LogP contribution in [-0.4, -0.2) is 21.1 Å². The number of amides is 1. The number of nitrogens with one attached hydrogen (secondary N) is 1. The zero-order valence-corrected chi connectivity index (χ0v) is 18.8. The predicted octanol–water partition coefficient (Wildman–Crippen LogP) is 6.48. The molecule has 4 aromatic rings. The van der Waals surface area contributed by atoms with Crippen molar-refractivity contribution in [3.05, 3.63) is 71.4 Å². The fraction of sp³-hybridized carbons (Fsp3) is 0.208. The lowest BCUT2D eigenvalue weighted by atomic mass is 10.1. The quantitative estimate of drug-likeness (QED) is 0.279. The lowest BCUT2D eigenvalue weighted by Gasteiger charge is -2.15. The Morgan fingerprint density at radius 3 is 2.63 bits per heavy atom. The summed E-state index contributed by atoms with van der Waals surface area (Å²) in [6, 6.07) is 16.3. The molecule has 0 aliphatic heterocycles. The molecule has 2 aromatic heterocycles. The standard InChI is InChI=1S/C24H23N3OS2/c1-4-20(22(28)27-18-7-5-6-16(3)12-18)30-24-21-19(13-29-23(21)25-14-26-24)17-10-8-15(2)9-11-17/h5-14,20H,4H2,1-3H3,(H,27,28). The number of aryl methyl sites for hydroxylation is 2. The number of carbonyl (C=O) groups is 1. The van der Waals surface area contributed by atoms with Crippen LogP contribution in [0.25, 0.3) is 21.3 Å². The number of hydrogen-bond acceptors (Lipinski definition) is 5. The molecule has 0 aliphatic carbocycles. The van der Waals surface area contributed by atoms with Crippen LogP contribution in [0.2, 0.25) is 0 Å². The van der Waals surface area contributed by atoms with E-state index in [0.717, 1.165) is 37.6 Å². The van der Waals surface area contributed by atoms with E-state index in [2.05, 4.69) is 51.9 Å². The van der Waals surface area contributed by atoms with Crippen molar-refractivity contribution in [2.75, 3.05) is 5.32 Å². The number of nitrogens with zero attached hydrogens (tertiary/aromatic N) is 2. The molecule has 1 amide bonds. The van der Waals surface area contributed by atoms with Crippen molar-refractivity contribution in [2.24, 2.45) is 0 Å². The highest BCUT2D eigenvalue weighted by molar-refractivity contribution is 8.00. The largest absolute Gasteiger partial charge is 0.325 e. The molecule has 30 heavy (non-hydrogen) atoms. The maximum absolute atomic E-state index is 13.0. The number of fused-ring (bicyclic) bond motifs is 1. The maximum Gasteiger partial charge on any atom is 0.237 e. The normalized spacial score (nSPS) is 12.1. The van der Waals surface area contributed by atoms with Gasteiger partial charge in [-0.3, -0.25) is 4.79 Å². The van der Waals surface area contributed by atoms with Crippen molar-refractivity contribution in [2.45, 2.75) is 37.5 Å². The third-order valence-electron chi connectivity index (χ3n) is 4.90. The molecule has 0 radical (unpaired) electrons. The Balaban J connectivity index is 1.64. The van der Waals surface area contributed by atoms with Gasteiger partial charge in [-0.2, -0.15) is 0 Å². The highest BCUT2D eigenvalue weighted by atomic mass is 32.2. The number of thiophene rings is 1. The van der Waals surface area contributed by atoms with E-state index in [1.165, 1.54) is 17.3 Å². The van der Waals surface area contributed by atoms with Gasteiger partial charge in [0.05, 0.1) is 10.6 Å². The molecule has 0 aliphatic rings. The van der Waals surface area contributed by atoms with Crippen molar-refractivity contribution in [3.8, 4) is 11.1 Å². The van der Waals surface area contributed by atoms with Crippen LogP contribution in [0.4, 0.5) is 5.69 Å². The van der Waals surface area contributed by atoms with Gasteiger partial charge in [-0.25, -0.2) is 9.97 Å². The van der Waals surface area contributed by atoms with Gasteiger partial charge in [0.2, 0.25) is 5.91 Å². The van der Waals surface area contributed by atoms with Gasteiger partial charge in [0.25, 0.3) is 0 Å². The molecule has 0 bridgehead atoms. The van der Waals surface area contributed by atoms with E-state index in [-0.39, 0.29) is 11.2 Å². The lowest BCUT2D eigenvalue weighted by molar-refractivity contribution is -0.115. The summed E-state index contributed by atoms with van der Waals surface area (Å²) in [5.41, 5.74) is 5.42. The van der Waals surface area contributed by atoms with Gasteiger partial charge in [-0.1, -0.05) is 60.6 Å². The number of benzene rings is 2. The Kier molecular flexibility index (Phi) is 6.16. The van der Waals surface area contributed by atoms with E-state index in [0.29, 0.717) is 6.42 Å². The van der Waals surface area contributed by atoms with Gasteiger partial charge in [-0.05, 0) is 43.5 Å². The minimum atomic E-state index is -0.241. The van der Waals surface area contributed by atoms with Crippen LogP contribution in [0.5, 0.6) is 0 Å². The minimum absolute atomic E-state index is 0.00743. The van der Waals surface area contributed by atoms with Crippen LogP contribution in [0.3, 0.4) is 0 Å². The zero-order valence-electron chi connectivity index (χ0n) is 17.2. The summed E-state index contributed by atoms with van der Waals surface area (Å²) in [7, 11) is 0. The summed E-state index contributed by atoms with van der Waals surface area (Å²) in [6.07, 6.45) is 2.29. The monoisotopic (exact) mass is 433 g/mol. The number of thioether (sulfide) groups is 1. The molecule has 2 heterocycles. The molecular weight excluding hydrogens is 410 g/mol. The molecule has 152 valence electrons. The van der Waals surface area contributed by atoms with Crippen molar-refractivity contribution >= 4 is 44.9 Å². The maximum atomic E-state index is 13.0. The van der Waals surface area contributed by atoms with E-state index < -0.39 is 0 Å². The van der Waals surface area contributed by atoms with Crippen LogP contribution in [0.1, 0.15) is 24.5 Å². The van der Waals surface area contributed by atoms with Crippen molar-refractivity contribution in [3.63, 3.8) is 0 Å². The summed E-state index contributed by atoms with van der Waals surface area (Å²) >= 11 is 3.12. The van der Waals surface area contributed by atoms with Crippen LogP contribution in [0.15, 0.2) is 65.3 Å². The van der Waals surface area contributed by atoms with E-state index >= 15 is 0 Å². The summed E-state index contributed by atoms with van der Waals surface area (Å²) < 4.78 is 0. The number of hydrogen-bond donors (Lipinski definition) is 1. The fourth-order valence-electron chi connectivity index (χ4n) is 3.29. The van der Waals surface area contributed by atoms with E-state index in [9.17, 15) is 4.79 Å². The molecule has 4 nitrogen and oxygen atoms in total. The van der Waals surface area contributed by atoms with E-state index in [1.54, 1.807) is 17.7 Å². The van der Waals surface area contributed by atoms with Crippen LogP contribution < -0.4 is 5.32 Å². The summed E-state index contributed by atoms with van der Waals surface area (Å²) in [5.74, 6) is -0.00743. The van der Waals surface area contributed by atoms with Crippen molar-refractivity contribution in [1.82, 2.24) is 9.97 Å². The second-order valence-electron chi connectivity index (χ2n) is 7.25. The number of aromatic nitrogens is 2. The molecule has 1 N–H and O–H groups in total. The van der Waals surface area contributed by atoms with Gasteiger partial charge in [0.15, 0.2) is 0 Å². The van der Waals surface area contributed by atoms with Crippen LogP contribution in [0, 0.1) is 13.8 Å². The van der Waals surface area contributed by atoms with Gasteiger partial charge >= 0.3 is 0 Å². The lowest BCUT2D eigenvalue weighted by Crippen LogP contribution is -2.24. The Bertz CT molecular complexity index is 1180. The minimum Gasteiger partial charge on any atom is -0.325 e. The van der Waals surface area contributed by atoms with Crippen LogP contribution in [-0.2, 0) is 4.79 Å². The highest BCUT2D eigenvalue weighted by Gasteiger charge is 2.22. The molecule has 0 spiro atoms. The predicted molar refractivity (Wildman–Crippen MR) is 127 cm³/mol. The zero-order chi connectivity index (χ0) is 21.1. The fourth-order valence-corrected chi connectivity index (χ4v) is 5.30. The molecular formula is C24H23N3OS2. The summed E-state index contributed by atoms with van der Waals surface area (Å²) in [5, 5.41) is 6.81. The molecule has 1 unspecified atom stereocenters. The van der Waals surface area contributed by atoms with Gasteiger partial charge in [0.1, 0.15) is 16.2 Å². The van der Waals surface area contributed by atoms with Gasteiger partial charge in [-0.15, -0.1) is 11.3 Å². The smallest absolute Gasteiger partial charge is 0.237 e. The Hall–Kier alpha value is -2.70. The number of anilines is 1. The topological polar surface area (TPSA) is 54.9 Å². The second kappa shape index (κ2) is 8.98. The average Bonchev–Trinajstić information content (AvgIpc) is 3.17. The molecule has 0 fully saturated rings. The molecule has 6 heteroatoms. The molecule has 2 aromatic carbocycles. The highest BCUT2D eigenvalue weighted by Crippen LogP contribution is 2.39. The Morgan fingerprint density at radius 2 is 1.90 bits per heavy atom. The van der Waals surface area contributed by atoms with E-state index in [1.807, 2.05) is 38.1 Å². The first kappa shape index (κ1) is 20.6. The van der Waals surface area contributed by atoms with Crippen LogP contribution >= 0.6 is 23.1 Å². The second-order valence-corrected chi connectivity index (χ2v) is 9.30. The molecule has 0 saturated heterocycles. The Labute approximate surface area is 184 Å². The first-order chi connectivity index (χ1) is 14.5. The first-order valence-corrected chi connectivity index (χ1v) is 11.6. The third kappa shape index (κ3) is 4.40. The van der Waals surface area contributed by atoms with Gasteiger partial charge < -0.3 is 5.32 Å². The summed E-state index contributed by atoms with van der Waals surface area (Å²) in [6.45, 7) is 6.13. The average molecular weight is 434 g/mol.